The summed E-state index contributed by atoms with van der Waals surface area (Å²) in [5.74, 6) is 0.0744. The Kier molecular flexibility index (Phi) is 7.12. The molecule has 0 bridgehead atoms. The quantitative estimate of drug-likeness (QED) is 0.644. The average Bonchev–Trinajstić information content (AvgIpc) is 2.71. The van der Waals surface area contributed by atoms with Gasteiger partial charge in [0.15, 0.2) is 0 Å². The van der Waals surface area contributed by atoms with Crippen molar-refractivity contribution in [3.8, 4) is 0 Å². The van der Waals surface area contributed by atoms with Crippen LogP contribution < -0.4 is 0 Å². The summed E-state index contributed by atoms with van der Waals surface area (Å²) in [6.07, 6.45) is 0.722. The van der Waals surface area contributed by atoms with Crippen molar-refractivity contribution >= 4 is 13.5 Å². The van der Waals surface area contributed by atoms with Crippen molar-refractivity contribution in [1.82, 2.24) is 4.67 Å². The fraction of sp³-hybridized carbons (Fsp3) is 0.381. The summed E-state index contributed by atoms with van der Waals surface area (Å²) in [6, 6.07) is 18.9. The molecule has 5 nitrogen and oxygen atoms in total. The Balaban J connectivity index is 2.62. The highest BCUT2D eigenvalue weighted by atomic mass is 31.2. The molecule has 2 atom stereocenters. The van der Waals surface area contributed by atoms with Gasteiger partial charge in [-0.1, -0.05) is 67.6 Å². The molecule has 0 heterocycles. The van der Waals surface area contributed by atoms with Crippen LogP contribution >= 0.6 is 7.75 Å². The first-order valence-electron chi connectivity index (χ1n) is 9.05. The predicted octanol–water partition coefficient (Wildman–Crippen LogP) is 4.41. The first kappa shape index (κ1) is 21.5. The second-order valence-electron chi connectivity index (χ2n) is 6.71. The van der Waals surface area contributed by atoms with Crippen molar-refractivity contribution in [3.63, 3.8) is 0 Å². The van der Waals surface area contributed by atoms with E-state index in [2.05, 4.69) is 0 Å². The summed E-state index contributed by atoms with van der Waals surface area (Å²) < 4.78 is 18.4. The van der Waals surface area contributed by atoms with Crippen LogP contribution in [0.4, 0.5) is 0 Å². The number of ketones is 1. The van der Waals surface area contributed by atoms with Crippen LogP contribution in [-0.2, 0) is 19.3 Å². The van der Waals surface area contributed by atoms with E-state index in [1.807, 2.05) is 74.5 Å². The second-order valence-corrected chi connectivity index (χ2v) is 8.69. The highest BCUT2D eigenvalue weighted by Crippen LogP contribution is 2.48. The number of rotatable bonds is 9. The number of carbonyl (C=O) groups excluding carboxylic acids is 1. The normalized spacial score (nSPS) is 15.3. The SMILES string of the molecule is CCC(=O)C(CC(C)N(C)P(=O)(O)OC)(c1ccccc1)c1ccccc1. The molecule has 0 aliphatic rings. The highest BCUT2D eigenvalue weighted by molar-refractivity contribution is 7.50. The Bertz CT molecular complexity index is 755. The van der Waals surface area contributed by atoms with Crippen LogP contribution in [0.3, 0.4) is 0 Å². The molecule has 0 aliphatic heterocycles. The lowest BCUT2D eigenvalue weighted by Crippen LogP contribution is -2.43. The van der Waals surface area contributed by atoms with Crippen LogP contribution in [0.15, 0.2) is 60.7 Å². The molecule has 0 aromatic heterocycles. The molecule has 2 unspecified atom stereocenters. The molecule has 1 N–H and O–H groups in total. The van der Waals surface area contributed by atoms with Gasteiger partial charge in [-0.3, -0.25) is 4.79 Å². The number of hydrogen-bond donors (Lipinski definition) is 1. The van der Waals surface area contributed by atoms with Gasteiger partial charge >= 0.3 is 7.75 Å². The van der Waals surface area contributed by atoms with Gasteiger partial charge in [0, 0.05) is 19.6 Å². The summed E-state index contributed by atoms with van der Waals surface area (Å²) >= 11 is 0. The monoisotopic (exact) mass is 389 g/mol. The number of carbonyl (C=O) groups is 1. The largest absolute Gasteiger partial charge is 0.405 e. The number of Topliss-reactive ketones (excluding diaryl/α,β-unsaturated/α-hetero) is 1. The van der Waals surface area contributed by atoms with Crippen molar-refractivity contribution in [3.05, 3.63) is 71.8 Å². The van der Waals surface area contributed by atoms with Crippen LogP contribution in [0.2, 0.25) is 0 Å². The van der Waals surface area contributed by atoms with Crippen LogP contribution in [-0.4, -0.2) is 35.5 Å². The van der Waals surface area contributed by atoms with Crippen LogP contribution in [0, 0.1) is 0 Å². The molecule has 6 heteroatoms. The van der Waals surface area contributed by atoms with Gasteiger partial charge in [0.05, 0.1) is 5.41 Å². The molecule has 2 aromatic rings. The van der Waals surface area contributed by atoms with Crippen molar-refractivity contribution < 1.29 is 18.8 Å². The van der Waals surface area contributed by atoms with Crippen LogP contribution in [0.1, 0.15) is 37.8 Å². The third-order valence-corrected chi connectivity index (χ3v) is 6.87. The van der Waals surface area contributed by atoms with Gasteiger partial charge in [-0.15, -0.1) is 0 Å². The van der Waals surface area contributed by atoms with E-state index < -0.39 is 13.2 Å². The average molecular weight is 389 g/mol. The number of benzene rings is 2. The lowest BCUT2D eigenvalue weighted by atomic mass is 9.67. The van der Waals surface area contributed by atoms with Crippen LogP contribution in [0.5, 0.6) is 0 Å². The zero-order chi connectivity index (χ0) is 20.1. The maximum absolute atomic E-state index is 13.3. The predicted molar refractivity (Wildman–Crippen MR) is 108 cm³/mol. The Hall–Kier alpha value is -1.78. The lowest BCUT2D eigenvalue weighted by molar-refractivity contribution is -0.123. The minimum absolute atomic E-state index is 0.0744. The van der Waals surface area contributed by atoms with Gasteiger partial charge < -0.3 is 9.42 Å². The molecule has 0 fully saturated rings. The van der Waals surface area contributed by atoms with Gasteiger partial charge in [-0.05, 0) is 31.5 Å². The second kappa shape index (κ2) is 8.94. The number of nitrogens with zero attached hydrogens (tertiary/aromatic N) is 1. The minimum Gasteiger partial charge on any atom is -0.312 e. The molecule has 0 amide bonds. The zero-order valence-electron chi connectivity index (χ0n) is 16.3. The minimum atomic E-state index is -3.91. The molecule has 0 aliphatic carbocycles. The van der Waals surface area contributed by atoms with E-state index in [4.69, 9.17) is 4.52 Å². The number of hydrogen-bond acceptors (Lipinski definition) is 3. The molecule has 2 aromatic carbocycles. The van der Waals surface area contributed by atoms with E-state index in [0.29, 0.717) is 12.8 Å². The van der Waals surface area contributed by atoms with E-state index in [1.54, 1.807) is 7.05 Å². The van der Waals surface area contributed by atoms with Crippen molar-refractivity contribution in [2.75, 3.05) is 14.2 Å². The molecule has 0 saturated heterocycles. The molecule has 146 valence electrons. The van der Waals surface area contributed by atoms with Crippen molar-refractivity contribution in [2.45, 2.75) is 38.1 Å². The van der Waals surface area contributed by atoms with Crippen molar-refractivity contribution in [1.29, 1.82) is 0 Å². The summed E-state index contributed by atoms with van der Waals surface area (Å²) in [5.41, 5.74) is 0.862. The molecule has 0 saturated carbocycles. The highest BCUT2D eigenvalue weighted by Gasteiger charge is 2.44. The third kappa shape index (κ3) is 4.39. The maximum Gasteiger partial charge on any atom is 0.405 e. The molecule has 27 heavy (non-hydrogen) atoms. The van der Waals surface area contributed by atoms with E-state index in [9.17, 15) is 14.3 Å². The van der Waals surface area contributed by atoms with Gasteiger partial charge in [-0.2, -0.15) is 0 Å². The molecule has 0 radical (unpaired) electrons. The van der Waals surface area contributed by atoms with Crippen molar-refractivity contribution in [2.24, 2.45) is 0 Å². The van der Waals surface area contributed by atoms with Gasteiger partial charge in [0.25, 0.3) is 0 Å². The standard InChI is InChI=1S/C21H28NO4P/c1-5-20(23)21(18-12-8-6-9-13-18,19-14-10-7-11-15-19)16-17(2)22(3)27(24,25)26-4/h6-15,17H,5,16H2,1-4H3,(H,24,25). The molecular weight excluding hydrogens is 361 g/mol. The maximum atomic E-state index is 13.3. The Morgan fingerprint density at radius 1 is 1.11 bits per heavy atom. The topological polar surface area (TPSA) is 66.8 Å². The molecule has 0 spiro atoms. The lowest BCUT2D eigenvalue weighted by Gasteiger charge is -2.38. The first-order valence-corrected chi connectivity index (χ1v) is 10.6. The van der Waals surface area contributed by atoms with E-state index in [1.165, 1.54) is 11.8 Å². The summed E-state index contributed by atoms with van der Waals surface area (Å²) in [5, 5.41) is 0. The fourth-order valence-corrected chi connectivity index (χ4v) is 4.38. The van der Waals surface area contributed by atoms with E-state index in [-0.39, 0.29) is 11.8 Å². The van der Waals surface area contributed by atoms with Gasteiger partial charge in [0.2, 0.25) is 0 Å². The zero-order valence-corrected chi connectivity index (χ0v) is 17.2. The Morgan fingerprint density at radius 2 is 1.56 bits per heavy atom. The summed E-state index contributed by atoms with van der Waals surface area (Å²) in [6.45, 7) is 3.69. The van der Waals surface area contributed by atoms with Gasteiger partial charge in [-0.25, -0.2) is 9.24 Å². The Labute approximate surface area is 161 Å². The van der Waals surface area contributed by atoms with Crippen LogP contribution in [0.25, 0.3) is 0 Å². The van der Waals surface area contributed by atoms with E-state index >= 15 is 0 Å². The fourth-order valence-electron chi connectivity index (χ4n) is 3.54. The first-order chi connectivity index (χ1) is 12.8. The smallest absolute Gasteiger partial charge is 0.312 e. The molecule has 2 rings (SSSR count). The molecular formula is C21H28NO4P. The third-order valence-electron chi connectivity index (χ3n) is 5.21. The van der Waals surface area contributed by atoms with E-state index in [0.717, 1.165) is 11.1 Å². The van der Waals surface area contributed by atoms with Gasteiger partial charge in [0.1, 0.15) is 5.78 Å². The summed E-state index contributed by atoms with van der Waals surface area (Å²) in [7, 11) is -1.15. The Morgan fingerprint density at radius 3 is 1.93 bits per heavy atom. The summed E-state index contributed by atoms with van der Waals surface area (Å²) in [4.78, 5) is 23.4.